The molecule has 0 N–H and O–H groups in total. The zero-order valence-electron chi connectivity index (χ0n) is 15.1. The third-order valence-electron chi connectivity index (χ3n) is 5.88. The van der Waals surface area contributed by atoms with Crippen molar-refractivity contribution in [3.8, 4) is 11.8 Å². The predicted molar refractivity (Wildman–Crippen MR) is 117 cm³/mol. The van der Waals surface area contributed by atoms with Crippen molar-refractivity contribution in [2.75, 3.05) is 0 Å². The molecule has 28 heavy (non-hydrogen) atoms. The van der Waals surface area contributed by atoms with Crippen molar-refractivity contribution in [1.82, 2.24) is 4.57 Å². The van der Waals surface area contributed by atoms with Gasteiger partial charge >= 0.3 is 0 Å². The van der Waals surface area contributed by atoms with E-state index < -0.39 is 0 Å². The van der Waals surface area contributed by atoms with Crippen LogP contribution in [0.3, 0.4) is 0 Å². The van der Waals surface area contributed by atoms with E-state index in [1.54, 1.807) is 0 Å². The van der Waals surface area contributed by atoms with Crippen LogP contribution in [0.15, 0.2) is 91.0 Å². The summed E-state index contributed by atoms with van der Waals surface area (Å²) in [5.74, 6) is 0. The van der Waals surface area contributed by atoms with Crippen molar-refractivity contribution in [1.29, 1.82) is 5.26 Å². The molecule has 0 bridgehead atoms. The van der Waals surface area contributed by atoms with Crippen LogP contribution in [-0.4, -0.2) is 11.3 Å². The number of aromatic nitrogens is 1. The molecule has 5 aromatic rings. The van der Waals surface area contributed by atoms with Crippen molar-refractivity contribution in [3.63, 3.8) is 0 Å². The minimum absolute atomic E-state index is 0.202. The van der Waals surface area contributed by atoms with Gasteiger partial charge in [-0.1, -0.05) is 72.2 Å². The Morgan fingerprint density at radius 1 is 0.714 bits per heavy atom. The van der Waals surface area contributed by atoms with E-state index in [0.717, 1.165) is 10.9 Å². The van der Waals surface area contributed by atoms with Gasteiger partial charge in [0.25, 0.3) is 0 Å². The summed E-state index contributed by atoms with van der Waals surface area (Å²) in [4.78, 5) is 0. The molecule has 2 heterocycles. The number of fused-ring (bicyclic) bond motifs is 5. The standard InChI is InChI=1S/C25H15BN2/c27-16-17-13-14-23-20(15-17)19-9-6-11-22-25(19)28(23)24-12-5-4-10-21(24)26(22)18-7-2-1-3-8-18/h1-15H. The minimum atomic E-state index is 0.202. The van der Waals surface area contributed by atoms with Gasteiger partial charge in [-0.15, -0.1) is 0 Å². The number of nitriles is 1. The molecule has 1 aliphatic rings. The smallest absolute Gasteiger partial charge is 0.246 e. The first-order valence-corrected chi connectivity index (χ1v) is 9.48. The van der Waals surface area contributed by atoms with Crippen LogP contribution in [0.5, 0.6) is 0 Å². The van der Waals surface area contributed by atoms with Crippen LogP contribution in [0.1, 0.15) is 5.56 Å². The molecule has 0 atom stereocenters. The highest BCUT2D eigenvalue weighted by atomic mass is 15.0. The van der Waals surface area contributed by atoms with E-state index >= 15 is 0 Å². The maximum absolute atomic E-state index is 9.39. The lowest BCUT2D eigenvalue weighted by Gasteiger charge is -2.26. The Bertz CT molecular complexity index is 1420. The Kier molecular flexibility index (Phi) is 3.07. The summed E-state index contributed by atoms with van der Waals surface area (Å²) in [6.45, 7) is 0.202. The molecule has 0 amide bonds. The van der Waals surface area contributed by atoms with Gasteiger partial charge in [-0.05, 0) is 35.2 Å². The van der Waals surface area contributed by atoms with E-state index in [1.165, 1.54) is 33.0 Å². The van der Waals surface area contributed by atoms with Crippen LogP contribution >= 0.6 is 0 Å². The predicted octanol–water partition coefficient (Wildman–Crippen LogP) is 3.48. The topological polar surface area (TPSA) is 28.7 Å². The maximum atomic E-state index is 9.39. The molecule has 0 spiro atoms. The highest BCUT2D eigenvalue weighted by molar-refractivity contribution is 6.98. The molecule has 6 rings (SSSR count). The lowest BCUT2D eigenvalue weighted by molar-refractivity contribution is 1.19. The second kappa shape index (κ2) is 5.61. The van der Waals surface area contributed by atoms with Crippen molar-refractivity contribution < 1.29 is 0 Å². The fraction of sp³-hybridized carbons (Fsp3) is 0. The van der Waals surface area contributed by atoms with E-state index in [4.69, 9.17) is 0 Å². The van der Waals surface area contributed by atoms with Crippen LogP contribution in [0.25, 0.3) is 27.5 Å². The first-order chi connectivity index (χ1) is 13.9. The molecule has 2 nitrogen and oxygen atoms in total. The summed E-state index contributed by atoms with van der Waals surface area (Å²) in [5.41, 5.74) is 8.26. The summed E-state index contributed by atoms with van der Waals surface area (Å²) in [6.07, 6.45) is 0. The van der Waals surface area contributed by atoms with E-state index in [1.807, 2.05) is 12.1 Å². The molecular formula is C25H15BN2. The number of benzene rings is 4. The molecule has 1 aromatic heterocycles. The van der Waals surface area contributed by atoms with Crippen LogP contribution in [0.2, 0.25) is 0 Å². The molecule has 4 aromatic carbocycles. The normalized spacial score (nSPS) is 12.2. The van der Waals surface area contributed by atoms with E-state index in [9.17, 15) is 5.26 Å². The third kappa shape index (κ3) is 1.92. The van der Waals surface area contributed by atoms with Crippen molar-refractivity contribution in [3.05, 3.63) is 96.6 Å². The molecule has 128 valence electrons. The van der Waals surface area contributed by atoms with Gasteiger partial charge in [0.2, 0.25) is 6.71 Å². The second-order valence-corrected chi connectivity index (χ2v) is 7.33. The number of para-hydroxylation sites is 2. The molecule has 0 saturated heterocycles. The summed E-state index contributed by atoms with van der Waals surface area (Å²) in [7, 11) is 0. The van der Waals surface area contributed by atoms with E-state index in [0.29, 0.717) is 5.56 Å². The fourth-order valence-electron chi connectivity index (χ4n) is 4.76. The number of hydrogen-bond acceptors (Lipinski definition) is 1. The zero-order chi connectivity index (χ0) is 18.7. The SMILES string of the molecule is N#Cc1ccc2c(c1)c1cccc3c1n2-c1ccccc1B3c1ccccc1. The van der Waals surface area contributed by atoms with E-state index in [2.05, 4.69) is 89.5 Å². The molecular weight excluding hydrogens is 339 g/mol. The quantitative estimate of drug-likeness (QED) is 0.416. The van der Waals surface area contributed by atoms with Gasteiger partial charge in [0.05, 0.1) is 17.1 Å². The van der Waals surface area contributed by atoms with Gasteiger partial charge in [-0.3, -0.25) is 0 Å². The number of nitrogens with zero attached hydrogens (tertiary/aromatic N) is 2. The first kappa shape index (κ1) is 15.3. The highest BCUT2D eigenvalue weighted by Gasteiger charge is 2.32. The number of hydrogen-bond donors (Lipinski definition) is 0. The Morgan fingerprint density at radius 3 is 2.36 bits per heavy atom. The fourth-order valence-corrected chi connectivity index (χ4v) is 4.76. The van der Waals surface area contributed by atoms with Crippen LogP contribution in [-0.2, 0) is 0 Å². The van der Waals surface area contributed by atoms with Gasteiger partial charge in [0, 0.05) is 22.0 Å². The summed E-state index contributed by atoms with van der Waals surface area (Å²) in [5, 5.41) is 11.7. The van der Waals surface area contributed by atoms with Gasteiger partial charge in [-0.2, -0.15) is 5.26 Å². The van der Waals surface area contributed by atoms with Gasteiger partial charge < -0.3 is 4.57 Å². The monoisotopic (exact) mass is 354 g/mol. The third-order valence-corrected chi connectivity index (χ3v) is 5.88. The highest BCUT2D eigenvalue weighted by Crippen LogP contribution is 2.33. The maximum Gasteiger partial charge on any atom is 0.246 e. The molecule has 3 heteroatoms. The Morgan fingerprint density at radius 2 is 1.50 bits per heavy atom. The lowest BCUT2D eigenvalue weighted by atomic mass is 9.35. The molecule has 0 saturated carbocycles. The summed E-state index contributed by atoms with van der Waals surface area (Å²) < 4.78 is 2.37. The van der Waals surface area contributed by atoms with Crippen molar-refractivity contribution in [2.45, 2.75) is 0 Å². The van der Waals surface area contributed by atoms with Crippen LogP contribution in [0.4, 0.5) is 0 Å². The van der Waals surface area contributed by atoms with Gasteiger partial charge in [0.15, 0.2) is 0 Å². The molecule has 0 unspecified atom stereocenters. The Hall–Kier alpha value is -3.77. The van der Waals surface area contributed by atoms with Crippen molar-refractivity contribution in [2.24, 2.45) is 0 Å². The van der Waals surface area contributed by atoms with Crippen molar-refractivity contribution >= 4 is 44.9 Å². The molecule has 0 radical (unpaired) electrons. The van der Waals surface area contributed by atoms with Gasteiger partial charge in [-0.25, -0.2) is 0 Å². The summed E-state index contributed by atoms with van der Waals surface area (Å²) in [6, 6.07) is 34.3. The molecule has 0 aliphatic carbocycles. The minimum Gasteiger partial charge on any atom is -0.310 e. The number of rotatable bonds is 1. The second-order valence-electron chi connectivity index (χ2n) is 7.33. The Labute approximate surface area is 163 Å². The van der Waals surface area contributed by atoms with E-state index in [-0.39, 0.29) is 6.71 Å². The molecule has 0 fully saturated rings. The largest absolute Gasteiger partial charge is 0.310 e. The first-order valence-electron chi connectivity index (χ1n) is 9.48. The average Bonchev–Trinajstić information content (AvgIpc) is 3.10. The van der Waals surface area contributed by atoms with Gasteiger partial charge in [0.1, 0.15) is 0 Å². The summed E-state index contributed by atoms with van der Waals surface area (Å²) >= 11 is 0. The average molecular weight is 354 g/mol. The zero-order valence-corrected chi connectivity index (χ0v) is 15.1. The van der Waals surface area contributed by atoms with Crippen LogP contribution < -0.4 is 16.4 Å². The Balaban J connectivity index is 1.83. The van der Waals surface area contributed by atoms with Crippen LogP contribution in [0, 0.1) is 11.3 Å². The molecule has 1 aliphatic heterocycles. The lowest BCUT2D eigenvalue weighted by Crippen LogP contribution is -2.55.